The van der Waals surface area contributed by atoms with E-state index in [1.165, 1.54) is 18.2 Å². The predicted molar refractivity (Wildman–Crippen MR) is 83.4 cm³/mol. The molecule has 0 saturated heterocycles. The van der Waals surface area contributed by atoms with Crippen molar-refractivity contribution < 1.29 is 19.5 Å². The molecule has 0 aliphatic carbocycles. The van der Waals surface area contributed by atoms with E-state index in [1.54, 1.807) is 6.08 Å². The number of nitrogens with one attached hydrogen (secondary N) is 1. The zero-order valence-corrected chi connectivity index (χ0v) is 12.8. The number of non-ortho nitro benzene ring substituents is 1. The van der Waals surface area contributed by atoms with Crippen LogP contribution in [-0.4, -0.2) is 41.9 Å². The Balaban J connectivity index is 2.73. The molecule has 0 saturated carbocycles. The third-order valence-electron chi connectivity index (χ3n) is 2.69. The molecule has 0 aliphatic rings. The Bertz CT molecular complexity index is 505. The molecule has 1 rings (SSSR count). The molecule has 0 unspecified atom stereocenters. The van der Waals surface area contributed by atoms with Crippen LogP contribution in [0.5, 0.6) is 11.5 Å². The molecule has 122 valence electrons. The number of aliphatic hydroxyl groups is 1. The molecule has 0 aliphatic heterocycles. The molecule has 0 bridgehead atoms. The van der Waals surface area contributed by atoms with E-state index in [9.17, 15) is 15.2 Å². The van der Waals surface area contributed by atoms with Crippen LogP contribution in [0.3, 0.4) is 0 Å². The van der Waals surface area contributed by atoms with Crippen LogP contribution in [0.4, 0.5) is 5.69 Å². The largest absolute Gasteiger partial charge is 0.487 e. The van der Waals surface area contributed by atoms with E-state index < -0.39 is 11.0 Å². The fourth-order valence-corrected chi connectivity index (χ4v) is 1.61. The van der Waals surface area contributed by atoms with Gasteiger partial charge in [0.25, 0.3) is 5.69 Å². The first kappa shape index (κ1) is 17.9. The number of hydrogen-bond acceptors (Lipinski definition) is 6. The zero-order valence-electron chi connectivity index (χ0n) is 12.8. The van der Waals surface area contributed by atoms with E-state index in [0.29, 0.717) is 12.3 Å². The van der Waals surface area contributed by atoms with Crippen LogP contribution in [-0.2, 0) is 0 Å². The van der Waals surface area contributed by atoms with Gasteiger partial charge in [0.15, 0.2) is 11.5 Å². The Morgan fingerprint density at radius 2 is 2.14 bits per heavy atom. The highest BCUT2D eigenvalue weighted by atomic mass is 16.6. The average molecular weight is 310 g/mol. The summed E-state index contributed by atoms with van der Waals surface area (Å²) in [5.74, 6) is 0.592. The lowest BCUT2D eigenvalue weighted by molar-refractivity contribution is -0.385. The van der Waals surface area contributed by atoms with Crippen LogP contribution in [0.1, 0.15) is 13.8 Å². The summed E-state index contributed by atoms with van der Waals surface area (Å²) in [6.07, 6.45) is 0.834. The fourth-order valence-electron chi connectivity index (χ4n) is 1.61. The van der Waals surface area contributed by atoms with E-state index in [0.717, 1.165) is 0 Å². The van der Waals surface area contributed by atoms with Gasteiger partial charge in [-0.2, -0.15) is 0 Å². The molecule has 0 heterocycles. The number of rotatable bonds is 10. The molecule has 0 amide bonds. The van der Waals surface area contributed by atoms with Crippen molar-refractivity contribution in [3.05, 3.63) is 41.0 Å². The summed E-state index contributed by atoms with van der Waals surface area (Å²) < 4.78 is 10.9. The number of nitro benzene ring substituents is 1. The van der Waals surface area contributed by atoms with E-state index in [2.05, 4.69) is 11.9 Å². The first-order chi connectivity index (χ1) is 10.4. The molecule has 0 aromatic heterocycles. The minimum absolute atomic E-state index is 0.00529. The van der Waals surface area contributed by atoms with Gasteiger partial charge in [0.1, 0.15) is 19.3 Å². The van der Waals surface area contributed by atoms with Crippen molar-refractivity contribution in [1.82, 2.24) is 5.32 Å². The van der Waals surface area contributed by atoms with E-state index in [1.807, 2.05) is 13.8 Å². The second-order valence-electron chi connectivity index (χ2n) is 5.02. The maximum Gasteiger partial charge on any atom is 0.273 e. The summed E-state index contributed by atoms with van der Waals surface area (Å²) in [5, 5.41) is 23.7. The lowest BCUT2D eigenvalue weighted by Gasteiger charge is -2.16. The van der Waals surface area contributed by atoms with Crippen molar-refractivity contribution in [3.63, 3.8) is 0 Å². The molecule has 0 fully saturated rings. The Morgan fingerprint density at radius 3 is 2.73 bits per heavy atom. The van der Waals surface area contributed by atoms with Crippen LogP contribution >= 0.6 is 0 Å². The van der Waals surface area contributed by atoms with Gasteiger partial charge in [-0.15, -0.1) is 0 Å². The fraction of sp³-hybridized carbons (Fsp3) is 0.467. The molecular weight excluding hydrogens is 288 g/mol. The maximum atomic E-state index is 10.8. The molecule has 2 N–H and O–H groups in total. The van der Waals surface area contributed by atoms with Crippen molar-refractivity contribution in [2.75, 3.05) is 19.8 Å². The highest BCUT2D eigenvalue weighted by Crippen LogP contribution is 2.31. The molecule has 7 nitrogen and oxygen atoms in total. The van der Waals surface area contributed by atoms with Gasteiger partial charge in [0.2, 0.25) is 0 Å². The summed E-state index contributed by atoms with van der Waals surface area (Å²) in [4.78, 5) is 10.3. The van der Waals surface area contributed by atoms with Gasteiger partial charge >= 0.3 is 0 Å². The second kappa shape index (κ2) is 9.01. The highest BCUT2D eigenvalue weighted by molar-refractivity contribution is 5.48. The third kappa shape index (κ3) is 6.11. The molecule has 0 spiro atoms. The van der Waals surface area contributed by atoms with Crippen LogP contribution < -0.4 is 14.8 Å². The van der Waals surface area contributed by atoms with Crippen molar-refractivity contribution in [2.45, 2.75) is 26.0 Å². The Labute approximate surface area is 129 Å². The summed E-state index contributed by atoms with van der Waals surface area (Å²) in [7, 11) is 0. The molecule has 7 heteroatoms. The SMILES string of the molecule is C=CCOc1ccc([N+](=O)[O-])cc1OC[C@H](O)CNC(C)C. The molecule has 22 heavy (non-hydrogen) atoms. The lowest BCUT2D eigenvalue weighted by atomic mass is 10.2. The molecule has 1 aromatic carbocycles. The number of nitro groups is 1. The van der Waals surface area contributed by atoms with Crippen molar-refractivity contribution in [2.24, 2.45) is 0 Å². The van der Waals surface area contributed by atoms with E-state index in [-0.39, 0.29) is 30.7 Å². The van der Waals surface area contributed by atoms with E-state index >= 15 is 0 Å². The molecule has 0 radical (unpaired) electrons. The lowest BCUT2D eigenvalue weighted by Crippen LogP contribution is -2.35. The van der Waals surface area contributed by atoms with Gasteiger partial charge in [-0.3, -0.25) is 10.1 Å². The van der Waals surface area contributed by atoms with Crippen molar-refractivity contribution in [1.29, 1.82) is 0 Å². The summed E-state index contributed by atoms with van der Waals surface area (Å²) in [5.41, 5.74) is -0.101. The number of hydrogen-bond donors (Lipinski definition) is 2. The Morgan fingerprint density at radius 1 is 1.41 bits per heavy atom. The van der Waals surface area contributed by atoms with Crippen molar-refractivity contribution >= 4 is 5.69 Å². The maximum absolute atomic E-state index is 10.8. The third-order valence-corrected chi connectivity index (χ3v) is 2.69. The van der Waals surface area contributed by atoms with Gasteiger partial charge in [-0.05, 0) is 6.07 Å². The zero-order chi connectivity index (χ0) is 16.5. The van der Waals surface area contributed by atoms with Gasteiger partial charge in [0, 0.05) is 18.7 Å². The molecule has 1 aromatic rings. The smallest absolute Gasteiger partial charge is 0.273 e. The van der Waals surface area contributed by atoms with Gasteiger partial charge in [0.05, 0.1) is 11.0 Å². The normalized spacial score (nSPS) is 12.0. The first-order valence-electron chi connectivity index (χ1n) is 7.00. The quantitative estimate of drug-likeness (QED) is 0.389. The standard InChI is InChI=1S/C15H22N2O5/c1-4-7-21-14-6-5-12(17(19)20)8-15(14)22-10-13(18)9-16-11(2)3/h4-6,8,11,13,16,18H,1,7,9-10H2,2-3H3/t13-/m1/s1. The highest BCUT2D eigenvalue weighted by Gasteiger charge is 2.14. The molecule has 1 atom stereocenters. The number of ether oxygens (including phenoxy) is 2. The predicted octanol–water partition coefficient (Wildman–Crippen LogP) is 1.90. The minimum atomic E-state index is -0.728. The summed E-state index contributed by atoms with van der Waals surface area (Å²) in [6, 6.07) is 4.33. The van der Waals surface area contributed by atoms with Crippen LogP contribution in [0.15, 0.2) is 30.9 Å². The van der Waals surface area contributed by atoms with Crippen LogP contribution in [0.2, 0.25) is 0 Å². The van der Waals surface area contributed by atoms with Crippen LogP contribution in [0.25, 0.3) is 0 Å². The van der Waals surface area contributed by atoms with Crippen molar-refractivity contribution in [3.8, 4) is 11.5 Å². The minimum Gasteiger partial charge on any atom is -0.487 e. The first-order valence-corrected chi connectivity index (χ1v) is 7.00. The average Bonchev–Trinajstić information content (AvgIpc) is 2.48. The van der Waals surface area contributed by atoms with E-state index in [4.69, 9.17) is 9.47 Å². The summed E-state index contributed by atoms with van der Waals surface area (Å²) in [6.45, 7) is 8.11. The monoisotopic (exact) mass is 310 g/mol. The topological polar surface area (TPSA) is 93.9 Å². The number of nitrogens with zero attached hydrogens (tertiary/aromatic N) is 1. The molecular formula is C15H22N2O5. The van der Waals surface area contributed by atoms with Gasteiger partial charge in [-0.25, -0.2) is 0 Å². The summed E-state index contributed by atoms with van der Waals surface area (Å²) >= 11 is 0. The number of benzene rings is 1. The van der Waals surface area contributed by atoms with Crippen LogP contribution in [0, 0.1) is 10.1 Å². The Hall–Kier alpha value is -2.12. The Kier molecular flexibility index (Phi) is 7.34. The van der Waals surface area contributed by atoms with Gasteiger partial charge in [-0.1, -0.05) is 26.5 Å². The van der Waals surface area contributed by atoms with Gasteiger partial charge < -0.3 is 19.9 Å². The number of aliphatic hydroxyl groups excluding tert-OH is 1. The second-order valence-corrected chi connectivity index (χ2v) is 5.02.